The highest BCUT2D eigenvalue weighted by atomic mass is 35.5. The van der Waals surface area contributed by atoms with E-state index in [1.165, 1.54) is 0 Å². The zero-order chi connectivity index (χ0) is 14.4. The lowest BCUT2D eigenvalue weighted by molar-refractivity contribution is 0.217. The summed E-state index contributed by atoms with van der Waals surface area (Å²) in [5.41, 5.74) is 2.21. The summed E-state index contributed by atoms with van der Waals surface area (Å²) in [6.45, 7) is 13.6. The predicted octanol–water partition coefficient (Wildman–Crippen LogP) is 4.31. The maximum absolute atomic E-state index is 6.26. The third kappa shape index (κ3) is 4.88. The van der Waals surface area contributed by atoms with E-state index in [0.717, 1.165) is 35.0 Å². The molecule has 0 radical (unpaired) electrons. The van der Waals surface area contributed by atoms with Crippen molar-refractivity contribution in [3.05, 3.63) is 40.9 Å². The van der Waals surface area contributed by atoms with E-state index in [1.807, 2.05) is 19.1 Å². The van der Waals surface area contributed by atoms with Crippen molar-refractivity contribution in [3.63, 3.8) is 0 Å². The lowest BCUT2D eigenvalue weighted by Crippen LogP contribution is -2.29. The first-order valence-electron chi connectivity index (χ1n) is 6.74. The first-order chi connectivity index (χ1) is 8.95. The third-order valence-electron chi connectivity index (χ3n) is 2.96. The molecule has 1 N–H and O–H groups in total. The van der Waals surface area contributed by atoms with E-state index in [1.54, 1.807) is 0 Å². The van der Waals surface area contributed by atoms with Gasteiger partial charge in [0, 0.05) is 18.1 Å². The molecule has 1 aromatic carbocycles. The molecule has 0 heterocycles. The average Bonchev–Trinajstić information content (AvgIpc) is 2.32. The van der Waals surface area contributed by atoms with Crippen LogP contribution in [0.1, 0.15) is 37.8 Å². The van der Waals surface area contributed by atoms with Gasteiger partial charge in [-0.1, -0.05) is 31.5 Å². The summed E-state index contributed by atoms with van der Waals surface area (Å²) >= 11 is 6.26. The van der Waals surface area contributed by atoms with Crippen LogP contribution in [0.2, 0.25) is 5.02 Å². The maximum Gasteiger partial charge on any atom is 0.123 e. The lowest BCUT2D eigenvalue weighted by Gasteiger charge is -2.19. The number of nitrogens with one attached hydrogen (secondary N) is 1. The van der Waals surface area contributed by atoms with Gasteiger partial charge in [-0.05, 0) is 43.0 Å². The van der Waals surface area contributed by atoms with Crippen LogP contribution in [0, 0.1) is 6.92 Å². The quantitative estimate of drug-likeness (QED) is 0.594. The summed E-state index contributed by atoms with van der Waals surface area (Å²) in [5, 5.41) is 4.07. The van der Waals surface area contributed by atoms with Crippen molar-refractivity contribution in [1.29, 1.82) is 0 Å². The summed E-state index contributed by atoms with van der Waals surface area (Å²) in [7, 11) is 0. The highest BCUT2D eigenvalue weighted by molar-refractivity contribution is 6.31. The van der Waals surface area contributed by atoms with Crippen LogP contribution in [0.25, 0.3) is 0 Å². The van der Waals surface area contributed by atoms with Crippen LogP contribution in [0.3, 0.4) is 0 Å². The fourth-order valence-corrected chi connectivity index (χ4v) is 2.32. The number of benzene rings is 1. The SMILES string of the molecule is C=CCNCC(C)Oc1cc(C(C)C)c(Cl)cc1C. The largest absolute Gasteiger partial charge is 0.489 e. The van der Waals surface area contributed by atoms with Crippen molar-refractivity contribution in [2.24, 2.45) is 0 Å². The Labute approximate surface area is 121 Å². The van der Waals surface area contributed by atoms with Crippen molar-refractivity contribution in [2.75, 3.05) is 13.1 Å². The molecule has 0 aliphatic heterocycles. The molecular formula is C16H24ClNO. The van der Waals surface area contributed by atoms with Crippen LogP contribution < -0.4 is 10.1 Å². The predicted molar refractivity (Wildman–Crippen MR) is 83.4 cm³/mol. The number of hydrogen-bond acceptors (Lipinski definition) is 2. The van der Waals surface area contributed by atoms with Crippen LogP contribution in [0.15, 0.2) is 24.8 Å². The molecule has 3 heteroatoms. The summed E-state index contributed by atoms with van der Waals surface area (Å²) in [5.74, 6) is 1.31. The van der Waals surface area contributed by atoms with E-state index in [-0.39, 0.29) is 6.10 Å². The highest BCUT2D eigenvalue weighted by Gasteiger charge is 2.12. The minimum atomic E-state index is 0.111. The Bertz CT molecular complexity index is 429. The van der Waals surface area contributed by atoms with Crippen molar-refractivity contribution < 1.29 is 4.74 Å². The number of ether oxygens (including phenoxy) is 1. The first kappa shape index (κ1) is 16.1. The van der Waals surface area contributed by atoms with Crippen molar-refractivity contribution in [3.8, 4) is 5.75 Å². The minimum absolute atomic E-state index is 0.111. The van der Waals surface area contributed by atoms with Crippen LogP contribution in [-0.4, -0.2) is 19.2 Å². The summed E-state index contributed by atoms with van der Waals surface area (Å²) in [6.07, 6.45) is 1.96. The van der Waals surface area contributed by atoms with E-state index < -0.39 is 0 Å². The van der Waals surface area contributed by atoms with Crippen LogP contribution in [0.5, 0.6) is 5.75 Å². The second-order valence-electron chi connectivity index (χ2n) is 5.17. The minimum Gasteiger partial charge on any atom is -0.489 e. The smallest absolute Gasteiger partial charge is 0.123 e. The Morgan fingerprint density at radius 1 is 1.37 bits per heavy atom. The molecule has 0 bridgehead atoms. The molecule has 0 fully saturated rings. The fourth-order valence-electron chi connectivity index (χ4n) is 1.89. The number of halogens is 1. The monoisotopic (exact) mass is 281 g/mol. The third-order valence-corrected chi connectivity index (χ3v) is 3.29. The molecule has 0 saturated carbocycles. The van der Waals surface area contributed by atoms with E-state index in [0.29, 0.717) is 5.92 Å². The van der Waals surface area contributed by atoms with Gasteiger partial charge < -0.3 is 10.1 Å². The van der Waals surface area contributed by atoms with Crippen molar-refractivity contribution >= 4 is 11.6 Å². The van der Waals surface area contributed by atoms with E-state index in [4.69, 9.17) is 16.3 Å². The number of hydrogen-bond donors (Lipinski definition) is 1. The van der Waals surface area contributed by atoms with Gasteiger partial charge >= 0.3 is 0 Å². The molecule has 19 heavy (non-hydrogen) atoms. The van der Waals surface area contributed by atoms with Crippen LogP contribution >= 0.6 is 11.6 Å². The van der Waals surface area contributed by atoms with Gasteiger partial charge in [0.1, 0.15) is 11.9 Å². The topological polar surface area (TPSA) is 21.3 Å². The molecule has 0 saturated heterocycles. The van der Waals surface area contributed by atoms with Gasteiger partial charge in [-0.15, -0.1) is 6.58 Å². The van der Waals surface area contributed by atoms with Crippen LogP contribution in [-0.2, 0) is 0 Å². The van der Waals surface area contributed by atoms with E-state index in [9.17, 15) is 0 Å². The molecule has 1 rings (SSSR count). The molecule has 0 aliphatic carbocycles. The van der Waals surface area contributed by atoms with Crippen molar-refractivity contribution in [2.45, 2.75) is 39.7 Å². The molecule has 1 atom stereocenters. The van der Waals surface area contributed by atoms with Gasteiger partial charge in [0.05, 0.1) is 0 Å². The van der Waals surface area contributed by atoms with Gasteiger partial charge in [-0.2, -0.15) is 0 Å². The second-order valence-corrected chi connectivity index (χ2v) is 5.58. The normalized spacial score (nSPS) is 12.5. The molecule has 106 valence electrons. The number of rotatable bonds is 7. The number of aryl methyl sites for hydroxylation is 1. The Morgan fingerprint density at radius 2 is 2.05 bits per heavy atom. The molecule has 0 aromatic heterocycles. The highest BCUT2D eigenvalue weighted by Crippen LogP contribution is 2.31. The van der Waals surface area contributed by atoms with Crippen LogP contribution in [0.4, 0.5) is 0 Å². The van der Waals surface area contributed by atoms with Gasteiger partial charge in [0.15, 0.2) is 0 Å². The van der Waals surface area contributed by atoms with Gasteiger partial charge in [0.2, 0.25) is 0 Å². The average molecular weight is 282 g/mol. The standard InChI is InChI=1S/C16H24ClNO/c1-6-7-18-10-13(5)19-16-9-14(11(2)3)15(17)8-12(16)4/h6,8-9,11,13,18H,1,7,10H2,2-5H3. The molecule has 0 amide bonds. The van der Waals surface area contributed by atoms with Gasteiger partial charge in [-0.3, -0.25) is 0 Å². The zero-order valence-corrected chi connectivity index (χ0v) is 13.1. The van der Waals surface area contributed by atoms with E-state index >= 15 is 0 Å². The summed E-state index contributed by atoms with van der Waals surface area (Å²) in [4.78, 5) is 0. The van der Waals surface area contributed by atoms with Crippen molar-refractivity contribution in [1.82, 2.24) is 5.32 Å². The maximum atomic E-state index is 6.26. The summed E-state index contributed by atoms with van der Waals surface area (Å²) < 4.78 is 5.98. The molecule has 1 aromatic rings. The second kappa shape index (κ2) is 7.56. The van der Waals surface area contributed by atoms with Gasteiger partial charge in [-0.25, -0.2) is 0 Å². The summed E-state index contributed by atoms with van der Waals surface area (Å²) in [6, 6.07) is 4.04. The molecular weight excluding hydrogens is 258 g/mol. The Kier molecular flexibility index (Phi) is 6.40. The fraction of sp³-hybridized carbons (Fsp3) is 0.500. The Hall–Kier alpha value is -0.990. The molecule has 0 spiro atoms. The lowest BCUT2D eigenvalue weighted by atomic mass is 10.0. The Balaban J connectivity index is 2.77. The molecule has 1 unspecified atom stereocenters. The Morgan fingerprint density at radius 3 is 2.63 bits per heavy atom. The zero-order valence-electron chi connectivity index (χ0n) is 12.3. The first-order valence-corrected chi connectivity index (χ1v) is 7.11. The molecule has 0 aliphatic rings. The van der Waals surface area contributed by atoms with Gasteiger partial charge in [0.25, 0.3) is 0 Å². The van der Waals surface area contributed by atoms with E-state index in [2.05, 4.69) is 38.7 Å². The molecule has 2 nitrogen and oxygen atoms in total.